The van der Waals surface area contributed by atoms with Crippen LogP contribution in [0.5, 0.6) is 0 Å². The van der Waals surface area contributed by atoms with Gasteiger partial charge in [-0.25, -0.2) is 4.79 Å². The van der Waals surface area contributed by atoms with Gasteiger partial charge in [0.2, 0.25) is 0 Å². The lowest BCUT2D eigenvalue weighted by Crippen LogP contribution is -1.99. The maximum Gasteiger partial charge on any atom is 0.331 e. The minimum Gasteiger partial charge on any atom is -0.318 e. The number of hydrogen-bond acceptors (Lipinski definition) is 3. The molecule has 0 N–H and O–H groups in total. The van der Waals surface area contributed by atoms with Gasteiger partial charge in [0.1, 0.15) is 0 Å². The molecule has 0 heterocycles. The molecule has 0 aliphatic heterocycles. The summed E-state index contributed by atoms with van der Waals surface area (Å²) in [5.74, 6) is -0.372. The van der Waals surface area contributed by atoms with Gasteiger partial charge in [-0.3, -0.25) is 0 Å². The number of hydrogen-bond donors (Lipinski definition) is 0. The summed E-state index contributed by atoms with van der Waals surface area (Å²) >= 11 is 0. The molecule has 0 radical (unpaired) electrons. The largest absolute Gasteiger partial charge is 0.331 e. The fraction of sp³-hybridized carbons (Fsp3) is 0.333. The first kappa shape index (κ1) is 9.90. The second-order valence-electron chi connectivity index (χ2n) is 3.78. The molecule has 0 spiro atoms. The average Bonchev–Trinajstić information content (AvgIpc) is 2.57. The number of oxime groups is 1. The predicted molar refractivity (Wildman–Crippen MR) is 57.8 cm³/mol. The molecule has 15 heavy (non-hydrogen) atoms. The Balaban J connectivity index is 2.31. The Bertz CT molecular complexity index is 435. The molecular formula is C12H13NO2. The van der Waals surface area contributed by atoms with Gasteiger partial charge in [0.25, 0.3) is 0 Å². The van der Waals surface area contributed by atoms with E-state index in [4.69, 9.17) is 0 Å². The highest BCUT2D eigenvalue weighted by molar-refractivity contribution is 6.04. The monoisotopic (exact) mass is 203 g/mol. The van der Waals surface area contributed by atoms with Crippen molar-refractivity contribution >= 4 is 11.7 Å². The smallest absolute Gasteiger partial charge is 0.318 e. The maximum absolute atomic E-state index is 10.7. The van der Waals surface area contributed by atoms with Gasteiger partial charge in [0.05, 0.1) is 5.71 Å². The van der Waals surface area contributed by atoms with Crippen molar-refractivity contribution in [1.29, 1.82) is 0 Å². The minimum atomic E-state index is -0.372. The zero-order chi connectivity index (χ0) is 10.8. The van der Waals surface area contributed by atoms with Crippen LogP contribution in [0.3, 0.4) is 0 Å². The second-order valence-corrected chi connectivity index (χ2v) is 3.78. The summed E-state index contributed by atoms with van der Waals surface area (Å²) in [4.78, 5) is 15.3. The molecule has 1 aromatic rings. The summed E-state index contributed by atoms with van der Waals surface area (Å²) in [5.41, 5.74) is 4.48. The summed E-state index contributed by atoms with van der Waals surface area (Å²) in [7, 11) is 0. The third kappa shape index (κ3) is 2.06. The van der Waals surface area contributed by atoms with Gasteiger partial charge in [-0.1, -0.05) is 22.9 Å². The standard InChI is InChI=1S/C12H13NO2/c1-8-3-4-10-5-6-12(11(10)7-8)13-15-9(2)14/h3-4,7H,5-6H2,1-2H3/b13-12+. The van der Waals surface area contributed by atoms with Gasteiger partial charge in [0, 0.05) is 12.5 Å². The van der Waals surface area contributed by atoms with Crippen molar-refractivity contribution in [2.24, 2.45) is 5.16 Å². The lowest BCUT2D eigenvalue weighted by molar-refractivity contribution is -0.140. The minimum absolute atomic E-state index is 0.372. The Morgan fingerprint density at radius 2 is 2.20 bits per heavy atom. The first-order valence-corrected chi connectivity index (χ1v) is 5.01. The first-order chi connectivity index (χ1) is 7.16. The van der Waals surface area contributed by atoms with E-state index in [1.165, 1.54) is 18.1 Å². The van der Waals surface area contributed by atoms with Crippen LogP contribution >= 0.6 is 0 Å². The number of rotatable bonds is 1. The molecule has 0 aromatic heterocycles. The molecule has 1 aromatic carbocycles. The van der Waals surface area contributed by atoms with E-state index in [0.29, 0.717) is 0 Å². The number of carbonyl (C=O) groups excluding carboxylic acids is 1. The van der Waals surface area contributed by atoms with Crippen molar-refractivity contribution in [1.82, 2.24) is 0 Å². The van der Waals surface area contributed by atoms with Crippen LogP contribution in [0.25, 0.3) is 0 Å². The number of nitrogens with zero attached hydrogens (tertiary/aromatic N) is 1. The van der Waals surface area contributed by atoms with Gasteiger partial charge < -0.3 is 4.84 Å². The number of carbonyl (C=O) groups is 1. The molecule has 0 saturated carbocycles. The Hall–Kier alpha value is -1.64. The molecule has 0 unspecified atom stereocenters. The molecular weight excluding hydrogens is 190 g/mol. The van der Waals surface area contributed by atoms with E-state index in [-0.39, 0.29) is 5.97 Å². The molecule has 1 aliphatic carbocycles. The van der Waals surface area contributed by atoms with E-state index < -0.39 is 0 Å². The van der Waals surface area contributed by atoms with Crippen LogP contribution in [-0.4, -0.2) is 11.7 Å². The normalized spacial score (nSPS) is 16.5. The summed E-state index contributed by atoms with van der Waals surface area (Å²) in [6.45, 7) is 3.40. The van der Waals surface area contributed by atoms with E-state index in [9.17, 15) is 4.79 Å². The zero-order valence-electron chi connectivity index (χ0n) is 8.91. The van der Waals surface area contributed by atoms with Crippen LogP contribution in [-0.2, 0) is 16.1 Å². The van der Waals surface area contributed by atoms with Gasteiger partial charge in [0.15, 0.2) is 0 Å². The van der Waals surface area contributed by atoms with Gasteiger partial charge in [-0.2, -0.15) is 0 Å². The van der Waals surface area contributed by atoms with Crippen molar-refractivity contribution in [3.8, 4) is 0 Å². The third-order valence-electron chi connectivity index (χ3n) is 2.49. The van der Waals surface area contributed by atoms with Gasteiger partial charge in [-0.15, -0.1) is 0 Å². The Morgan fingerprint density at radius 3 is 2.93 bits per heavy atom. The zero-order valence-corrected chi connectivity index (χ0v) is 8.91. The van der Waals surface area contributed by atoms with E-state index in [0.717, 1.165) is 24.1 Å². The quantitative estimate of drug-likeness (QED) is 0.518. The van der Waals surface area contributed by atoms with Crippen LogP contribution < -0.4 is 0 Å². The van der Waals surface area contributed by atoms with Crippen LogP contribution in [0.4, 0.5) is 0 Å². The molecule has 0 saturated heterocycles. The van der Waals surface area contributed by atoms with Crippen LogP contribution in [0, 0.1) is 6.92 Å². The molecule has 3 nitrogen and oxygen atoms in total. The lowest BCUT2D eigenvalue weighted by Gasteiger charge is -2.00. The molecule has 0 amide bonds. The summed E-state index contributed by atoms with van der Waals surface area (Å²) in [5, 5.41) is 3.87. The fourth-order valence-corrected chi connectivity index (χ4v) is 1.78. The van der Waals surface area contributed by atoms with E-state index in [2.05, 4.69) is 28.2 Å². The topological polar surface area (TPSA) is 38.7 Å². The van der Waals surface area contributed by atoms with Crippen molar-refractivity contribution in [2.45, 2.75) is 26.7 Å². The molecule has 78 valence electrons. The highest BCUT2D eigenvalue weighted by Crippen LogP contribution is 2.23. The Labute approximate surface area is 88.7 Å². The number of fused-ring (bicyclic) bond motifs is 1. The van der Waals surface area contributed by atoms with Crippen LogP contribution in [0.2, 0.25) is 0 Å². The third-order valence-corrected chi connectivity index (χ3v) is 2.49. The number of aryl methyl sites for hydroxylation is 2. The summed E-state index contributed by atoms with van der Waals surface area (Å²) < 4.78 is 0. The van der Waals surface area contributed by atoms with Gasteiger partial charge >= 0.3 is 5.97 Å². The second kappa shape index (κ2) is 3.85. The molecule has 0 atom stereocenters. The van der Waals surface area contributed by atoms with E-state index >= 15 is 0 Å². The van der Waals surface area contributed by atoms with Gasteiger partial charge in [-0.05, 0) is 31.4 Å². The van der Waals surface area contributed by atoms with E-state index in [1.807, 2.05) is 6.92 Å². The molecule has 0 fully saturated rings. The molecule has 0 bridgehead atoms. The molecule has 2 rings (SSSR count). The highest BCUT2D eigenvalue weighted by atomic mass is 16.7. The maximum atomic E-state index is 10.7. The lowest BCUT2D eigenvalue weighted by atomic mass is 10.1. The van der Waals surface area contributed by atoms with Crippen molar-refractivity contribution in [3.05, 3.63) is 34.9 Å². The Kier molecular flexibility index (Phi) is 2.54. The summed E-state index contributed by atoms with van der Waals surface area (Å²) in [6, 6.07) is 6.29. The molecule has 1 aliphatic rings. The predicted octanol–water partition coefficient (Wildman–Crippen LogP) is 2.21. The first-order valence-electron chi connectivity index (χ1n) is 5.01. The van der Waals surface area contributed by atoms with Crippen LogP contribution in [0.15, 0.2) is 23.4 Å². The molecule has 3 heteroatoms. The average molecular weight is 203 g/mol. The van der Waals surface area contributed by atoms with E-state index in [1.54, 1.807) is 0 Å². The van der Waals surface area contributed by atoms with Crippen molar-refractivity contribution in [3.63, 3.8) is 0 Å². The van der Waals surface area contributed by atoms with Crippen molar-refractivity contribution in [2.75, 3.05) is 0 Å². The van der Waals surface area contributed by atoms with Crippen molar-refractivity contribution < 1.29 is 9.63 Å². The fourth-order valence-electron chi connectivity index (χ4n) is 1.78. The summed E-state index contributed by atoms with van der Waals surface area (Å²) in [6.07, 6.45) is 1.84. The SMILES string of the molecule is CC(=O)O/N=C1\CCc2ccc(C)cc21. The number of benzene rings is 1. The van der Waals surface area contributed by atoms with Crippen LogP contribution in [0.1, 0.15) is 30.0 Å². The highest BCUT2D eigenvalue weighted by Gasteiger charge is 2.18. The Morgan fingerprint density at radius 1 is 1.40 bits per heavy atom.